The summed E-state index contributed by atoms with van der Waals surface area (Å²) in [5.74, 6) is -0.298. The highest BCUT2D eigenvalue weighted by Crippen LogP contribution is 2.04. The first-order valence-electron chi connectivity index (χ1n) is 6.04. The second kappa shape index (κ2) is 9.06. The molecule has 8 heteroatoms. The Morgan fingerprint density at radius 2 is 1.80 bits per heavy atom. The van der Waals surface area contributed by atoms with Gasteiger partial charge in [-0.3, -0.25) is 4.18 Å². The van der Waals surface area contributed by atoms with Crippen LogP contribution in [0.25, 0.3) is 0 Å². The second-order valence-corrected chi connectivity index (χ2v) is 6.16. The number of nitrogens with zero attached hydrogens (tertiary/aromatic N) is 1. The van der Waals surface area contributed by atoms with Crippen molar-refractivity contribution in [1.82, 2.24) is 0 Å². The third-order valence-electron chi connectivity index (χ3n) is 2.47. The molecule has 120 valence electrons. The van der Waals surface area contributed by atoms with Crippen LogP contribution in [0, 0.1) is 0 Å². The van der Waals surface area contributed by atoms with Gasteiger partial charge in [0.2, 0.25) is 10.4 Å². The standard InChI is InChI=1S/C11H22NO2.CH4O4S/c1-7-12(5,6)8-10(4)14-11(13)9(2)3;1-5-6(2,3)4/h10H,2,7-8H2,1,3-6H3;1H3,(H,2,3,4)/q+1;/p-1. The summed E-state index contributed by atoms with van der Waals surface area (Å²) in [5, 5.41) is 0. The van der Waals surface area contributed by atoms with Crippen molar-refractivity contribution in [3.63, 3.8) is 0 Å². The van der Waals surface area contributed by atoms with E-state index in [1.807, 2.05) is 6.92 Å². The Hall–Kier alpha value is -0.960. The van der Waals surface area contributed by atoms with E-state index in [0.717, 1.165) is 24.7 Å². The zero-order chi connectivity index (χ0) is 16.6. The molecule has 0 N–H and O–H groups in total. The van der Waals surface area contributed by atoms with Crippen molar-refractivity contribution in [1.29, 1.82) is 0 Å². The summed E-state index contributed by atoms with van der Waals surface area (Å²) in [5.41, 5.74) is 0.457. The molecular weight excluding hydrogens is 286 g/mol. The highest BCUT2D eigenvalue weighted by Gasteiger charge is 2.19. The number of esters is 1. The van der Waals surface area contributed by atoms with E-state index in [4.69, 9.17) is 4.74 Å². The maximum atomic E-state index is 11.2. The molecular formula is C12H25NO6S. The number of carbonyl (C=O) groups excluding carboxylic acids is 1. The van der Waals surface area contributed by atoms with Crippen molar-refractivity contribution >= 4 is 16.4 Å². The molecule has 0 saturated carbocycles. The van der Waals surface area contributed by atoms with E-state index < -0.39 is 10.4 Å². The molecule has 0 fully saturated rings. The molecule has 0 radical (unpaired) electrons. The van der Waals surface area contributed by atoms with Gasteiger partial charge in [0.05, 0.1) is 27.7 Å². The first kappa shape index (κ1) is 21.3. The normalized spacial score (nSPS) is 12.9. The van der Waals surface area contributed by atoms with Gasteiger partial charge in [0.25, 0.3) is 0 Å². The van der Waals surface area contributed by atoms with E-state index in [0.29, 0.717) is 5.57 Å². The molecule has 1 atom stereocenters. The van der Waals surface area contributed by atoms with Crippen LogP contribution in [0.2, 0.25) is 0 Å². The van der Waals surface area contributed by atoms with Crippen LogP contribution in [-0.2, 0) is 24.1 Å². The van der Waals surface area contributed by atoms with Gasteiger partial charge >= 0.3 is 5.97 Å². The highest BCUT2D eigenvalue weighted by molar-refractivity contribution is 7.80. The van der Waals surface area contributed by atoms with Gasteiger partial charge in [0.15, 0.2) is 0 Å². The maximum absolute atomic E-state index is 11.2. The van der Waals surface area contributed by atoms with Gasteiger partial charge in [-0.05, 0) is 20.8 Å². The van der Waals surface area contributed by atoms with E-state index in [-0.39, 0.29) is 12.1 Å². The first-order valence-corrected chi connectivity index (χ1v) is 7.38. The fraction of sp³-hybridized carbons (Fsp3) is 0.750. The summed E-state index contributed by atoms with van der Waals surface area (Å²) >= 11 is 0. The lowest BCUT2D eigenvalue weighted by molar-refractivity contribution is -0.891. The SMILES string of the molecule is C=C(C)C(=O)OC(C)C[N+](C)(C)CC.COS(=O)(=O)[O-]. The number of hydrogen-bond acceptors (Lipinski definition) is 6. The van der Waals surface area contributed by atoms with Crippen molar-refractivity contribution < 1.29 is 31.2 Å². The van der Waals surface area contributed by atoms with Crippen molar-refractivity contribution in [2.45, 2.75) is 26.9 Å². The molecule has 0 spiro atoms. The number of ether oxygens (including phenoxy) is 1. The zero-order valence-corrected chi connectivity index (χ0v) is 13.8. The number of hydrogen-bond donors (Lipinski definition) is 0. The minimum atomic E-state index is -4.41. The zero-order valence-electron chi connectivity index (χ0n) is 13.0. The molecule has 0 aliphatic heterocycles. The minimum absolute atomic E-state index is 0.0610. The van der Waals surface area contributed by atoms with Crippen LogP contribution in [0.4, 0.5) is 0 Å². The quantitative estimate of drug-likeness (QED) is 0.235. The summed E-state index contributed by atoms with van der Waals surface area (Å²) in [6.45, 7) is 11.1. The Morgan fingerprint density at radius 1 is 1.40 bits per heavy atom. The van der Waals surface area contributed by atoms with Crippen LogP contribution >= 0.6 is 0 Å². The topological polar surface area (TPSA) is 92.7 Å². The first-order chi connectivity index (χ1) is 8.84. The molecule has 0 aliphatic rings. The Morgan fingerprint density at radius 3 is 2.05 bits per heavy atom. The van der Waals surface area contributed by atoms with Gasteiger partial charge in [0.1, 0.15) is 12.6 Å². The molecule has 7 nitrogen and oxygen atoms in total. The highest BCUT2D eigenvalue weighted by atomic mass is 32.3. The average molecular weight is 311 g/mol. The Bertz CT molecular complexity index is 416. The van der Waals surface area contributed by atoms with E-state index in [1.165, 1.54) is 0 Å². The molecule has 0 amide bonds. The summed E-state index contributed by atoms with van der Waals surface area (Å²) in [6, 6.07) is 0. The summed E-state index contributed by atoms with van der Waals surface area (Å²) < 4.78 is 37.1. The molecule has 0 bridgehead atoms. The predicted octanol–water partition coefficient (Wildman–Crippen LogP) is 0.684. The smallest absolute Gasteiger partial charge is 0.333 e. The van der Waals surface area contributed by atoms with Crippen LogP contribution in [-0.4, -0.2) is 63.8 Å². The van der Waals surface area contributed by atoms with Crippen LogP contribution in [0.1, 0.15) is 20.8 Å². The second-order valence-electron chi connectivity index (χ2n) is 5.01. The van der Waals surface area contributed by atoms with Gasteiger partial charge in [-0.25, -0.2) is 13.2 Å². The Balaban J connectivity index is 0. The maximum Gasteiger partial charge on any atom is 0.333 e. The molecule has 0 rings (SSSR count). The van der Waals surface area contributed by atoms with Gasteiger partial charge < -0.3 is 13.8 Å². The number of likely N-dealkylation sites (N-methyl/N-ethyl adjacent to an activating group) is 1. The minimum Gasteiger partial charge on any atom is -0.726 e. The van der Waals surface area contributed by atoms with Crippen molar-refractivity contribution in [2.24, 2.45) is 0 Å². The molecule has 0 aromatic heterocycles. The van der Waals surface area contributed by atoms with Crippen LogP contribution in [0.15, 0.2) is 12.2 Å². The van der Waals surface area contributed by atoms with Crippen molar-refractivity contribution in [3.05, 3.63) is 12.2 Å². The fourth-order valence-corrected chi connectivity index (χ4v) is 1.15. The Kier molecular flexibility index (Phi) is 9.67. The van der Waals surface area contributed by atoms with E-state index in [1.54, 1.807) is 6.92 Å². The van der Waals surface area contributed by atoms with Crippen molar-refractivity contribution in [3.8, 4) is 0 Å². The van der Waals surface area contributed by atoms with E-state index in [9.17, 15) is 17.8 Å². The Labute approximate surface area is 121 Å². The largest absolute Gasteiger partial charge is 0.726 e. The van der Waals surface area contributed by atoms with Crippen LogP contribution in [0.3, 0.4) is 0 Å². The van der Waals surface area contributed by atoms with Crippen LogP contribution < -0.4 is 0 Å². The fourth-order valence-electron chi connectivity index (χ4n) is 1.15. The molecule has 0 heterocycles. The summed E-state index contributed by atoms with van der Waals surface area (Å²) in [6.07, 6.45) is -0.0610. The molecule has 0 aromatic carbocycles. The summed E-state index contributed by atoms with van der Waals surface area (Å²) in [4.78, 5) is 11.2. The predicted molar refractivity (Wildman–Crippen MR) is 74.6 cm³/mol. The lowest BCUT2D eigenvalue weighted by Gasteiger charge is -2.30. The average Bonchev–Trinajstić information content (AvgIpc) is 2.27. The lowest BCUT2D eigenvalue weighted by Crippen LogP contribution is -2.45. The third-order valence-corrected chi connectivity index (χ3v) is 2.88. The van der Waals surface area contributed by atoms with Gasteiger partial charge in [0, 0.05) is 5.57 Å². The van der Waals surface area contributed by atoms with Gasteiger partial charge in [-0.2, -0.15) is 0 Å². The monoisotopic (exact) mass is 311 g/mol. The third kappa shape index (κ3) is 13.5. The van der Waals surface area contributed by atoms with Crippen LogP contribution in [0.5, 0.6) is 0 Å². The van der Waals surface area contributed by atoms with Gasteiger partial charge in [-0.15, -0.1) is 0 Å². The molecule has 0 aliphatic carbocycles. The van der Waals surface area contributed by atoms with E-state index >= 15 is 0 Å². The summed E-state index contributed by atoms with van der Waals surface area (Å²) in [7, 11) is 0.628. The molecule has 1 unspecified atom stereocenters. The van der Waals surface area contributed by atoms with E-state index in [2.05, 4.69) is 31.8 Å². The number of rotatable bonds is 6. The number of quaternary nitrogens is 1. The number of carbonyl (C=O) groups is 1. The molecule has 0 aromatic rings. The molecule has 20 heavy (non-hydrogen) atoms. The van der Waals surface area contributed by atoms with Crippen molar-refractivity contribution in [2.75, 3.05) is 34.3 Å². The van der Waals surface area contributed by atoms with Gasteiger partial charge in [-0.1, -0.05) is 6.58 Å². The lowest BCUT2D eigenvalue weighted by atomic mass is 10.3. The molecule has 0 saturated heterocycles.